The highest BCUT2D eigenvalue weighted by Crippen LogP contribution is 2.32. The zero-order chi connectivity index (χ0) is 10.5. The molecule has 1 aromatic carbocycles. The van der Waals surface area contributed by atoms with E-state index in [0.29, 0.717) is 26.6 Å². The van der Waals surface area contributed by atoms with Gasteiger partial charge in [0.05, 0.1) is 19.8 Å². The highest BCUT2D eigenvalue weighted by Gasteiger charge is 2.12. The molecule has 0 saturated carbocycles. The number of hydrogen-bond acceptors (Lipinski definition) is 4. The molecule has 1 aliphatic rings. The summed E-state index contributed by atoms with van der Waals surface area (Å²) in [7, 11) is 1.66. The van der Waals surface area contributed by atoms with Gasteiger partial charge in [-0.05, 0) is 17.7 Å². The van der Waals surface area contributed by atoms with Gasteiger partial charge in [-0.15, -0.1) is 0 Å². The molecular weight excluding hydrogens is 196 g/mol. The van der Waals surface area contributed by atoms with Crippen molar-refractivity contribution in [3.8, 4) is 11.5 Å². The van der Waals surface area contributed by atoms with Crippen molar-refractivity contribution in [2.24, 2.45) is 0 Å². The molecule has 1 heterocycles. The molecule has 15 heavy (non-hydrogen) atoms. The van der Waals surface area contributed by atoms with Gasteiger partial charge in [-0.25, -0.2) is 0 Å². The number of benzene rings is 1. The Labute approximate surface area is 88.7 Å². The van der Waals surface area contributed by atoms with E-state index >= 15 is 0 Å². The van der Waals surface area contributed by atoms with Crippen LogP contribution in [-0.2, 0) is 16.1 Å². The summed E-state index contributed by atoms with van der Waals surface area (Å²) in [5, 5.41) is 0. The van der Waals surface area contributed by atoms with E-state index < -0.39 is 0 Å². The minimum Gasteiger partial charge on any atom is -0.454 e. The maximum absolute atomic E-state index is 5.40. The molecule has 0 aliphatic carbocycles. The first-order valence-corrected chi connectivity index (χ1v) is 4.85. The van der Waals surface area contributed by atoms with E-state index in [4.69, 9.17) is 18.9 Å². The maximum atomic E-state index is 5.40. The van der Waals surface area contributed by atoms with Crippen LogP contribution in [0, 0.1) is 0 Å². The van der Waals surface area contributed by atoms with E-state index in [-0.39, 0.29) is 0 Å². The maximum Gasteiger partial charge on any atom is 0.231 e. The SMILES string of the molecule is COCCOCc1ccc2c(c1)OCO2. The second-order valence-corrected chi connectivity index (χ2v) is 3.23. The van der Waals surface area contributed by atoms with E-state index in [1.807, 2.05) is 18.2 Å². The number of ether oxygens (including phenoxy) is 4. The first kappa shape index (κ1) is 10.3. The topological polar surface area (TPSA) is 36.9 Å². The Balaban J connectivity index is 1.87. The molecule has 0 spiro atoms. The largest absolute Gasteiger partial charge is 0.454 e. The van der Waals surface area contributed by atoms with Crippen LogP contribution < -0.4 is 9.47 Å². The monoisotopic (exact) mass is 210 g/mol. The Morgan fingerprint density at radius 1 is 1.20 bits per heavy atom. The first-order chi connectivity index (χ1) is 7.40. The molecule has 0 amide bonds. The van der Waals surface area contributed by atoms with Gasteiger partial charge < -0.3 is 18.9 Å². The van der Waals surface area contributed by atoms with E-state index in [9.17, 15) is 0 Å². The van der Waals surface area contributed by atoms with Crippen molar-refractivity contribution in [2.45, 2.75) is 6.61 Å². The lowest BCUT2D eigenvalue weighted by atomic mass is 10.2. The minimum absolute atomic E-state index is 0.309. The highest BCUT2D eigenvalue weighted by molar-refractivity contribution is 5.44. The summed E-state index contributed by atoms with van der Waals surface area (Å²) in [6.45, 7) is 2.10. The Kier molecular flexibility index (Phi) is 3.42. The summed E-state index contributed by atoms with van der Waals surface area (Å²) >= 11 is 0. The van der Waals surface area contributed by atoms with E-state index in [1.54, 1.807) is 7.11 Å². The number of fused-ring (bicyclic) bond motifs is 1. The fourth-order valence-corrected chi connectivity index (χ4v) is 1.36. The molecule has 0 aromatic heterocycles. The third-order valence-corrected chi connectivity index (χ3v) is 2.14. The lowest BCUT2D eigenvalue weighted by Gasteiger charge is -2.04. The van der Waals surface area contributed by atoms with Crippen LogP contribution in [0.5, 0.6) is 11.5 Å². The molecule has 1 aromatic rings. The van der Waals surface area contributed by atoms with Crippen LogP contribution in [0.4, 0.5) is 0 Å². The van der Waals surface area contributed by atoms with Crippen LogP contribution in [0.2, 0.25) is 0 Å². The first-order valence-electron chi connectivity index (χ1n) is 4.85. The van der Waals surface area contributed by atoms with Crippen molar-refractivity contribution in [3.05, 3.63) is 23.8 Å². The van der Waals surface area contributed by atoms with Gasteiger partial charge in [0.1, 0.15) is 0 Å². The third-order valence-electron chi connectivity index (χ3n) is 2.14. The van der Waals surface area contributed by atoms with E-state index in [2.05, 4.69) is 0 Å². The average Bonchev–Trinajstić information content (AvgIpc) is 2.71. The summed E-state index contributed by atoms with van der Waals surface area (Å²) in [6.07, 6.45) is 0. The van der Waals surface area contributed by atoms with Crippen molar-refractivity contribution in [1.29, 1.82) is 0 Å². The smallest absolute Gasteiger partial charge is 0.231 e. The Morgan fingerprint density at radius 3 is 2.93 bits per heavy atom. The van der Waals surface area contributed by atoms with Crippen molar-refractivity contribution in [2.75, 3.05) is 27.1 Å². The second kappa shape index (κ2) is 5.00. The highest BCUT2D eigenvalue weighted by atomic mass is 16.7. The van der Waals surface area contributed by atoms with Gasteiger partial charge in [0.25, 0.3) is 0 Å². The molecular formula is C11H14O4. The predicted molar refractivity (Wildman–Crippen MR) is 54.1 cm³/mol. The van der Waals surface area contributed by atoms with E-state index in [1.165, 1.54) is 0 Å². The van der Waals surface area contributed by atoms with Gasteiger partial charge in [-0.2, -0.15) is 0 Å². The Morgan fingerprint density at radius 2 is 2.07 bits per heavy atom. The van der Waals surface area contributed by atoms with Crippen molar-refractivity contribution in [3.63, 3.8) is 0 Å². The zero-order valence-electron chi connectivity index (χ0n) is 8.69. The lowest BCUT2D eigenvalue weighted by molar-refractivity contribution is 0.0616. The van der Waals surface area contributed by atoms with Gasteiger partial charge in [-0.1, -0.05) is 6.07 Å². The Bertz CT molecular complexity index is 324. The van der Waals surface area contributed by atoms with Gasteiger partial charge in [0.15, 0.2) is 11.5 Å². The van der Waals surface area contributed by atoms with Crippen LogP contribution in [0.25, 0.3) is 0 Å². The van der Waals surface area contributed by atoms with Crippen molar-refractivity contribution >= 4 is 0 Å². The average molecular weight is 210 g/mol. The minimum atomic E-state index is 0.309. The van der Waals surface area contributed by atoms with Crippen molar-refractivity contribution < 1.29 is 18.9 Å². The van der Waals surface area contributed by atoms with Crippen molar-refractivity contribution in [1.82, 2.24) is 0 Å². The van der Waals surface area contributed by atoms with Gasteiger partial charge >= 0.3 is 0 Å². The molecule has 4 nitrogen and oxygen atoms in total. The number of hydrogen-bond donors (Lipinski definition) is 0. The molecule has 0 fully saturated rings. The summed E-state index contributed by atoms with van der Waals surface area (Å²) in [6, 6.07) is 5.81. The van der Waals surface area contributed by atoms with Crippen LogP contribution in [0.1, 0.15) is 5.56 Å². The molecule has 2 rings (SSSR count). The normalized spacial score (nSPS) is 13.1. The number of methoxy groups -OCH3 is 1. The molecule has 0 saturated heterocycles. The van der Waals surface area contributed by atoms with Gasteiger partial charge in [0.2, 0.25) is 6.79 Å². The predicted octanol–water partition coefficient (Wildman–Crippen LogP) is 1.58. The molecule has 0 bridgehead atoms. The molecule has 0 radical (unpaired) electrons. The second-order valence-electron chi connectivity index (χ2n) is 3.23. The summed E-state index contributed by atoms with van der Waals surface area (Å²) in [5.41, 5.74) is 1.08. The molecule has 0 N–H and O–H groups in total. The van der Waals surface area contributed by atoms with Gasteiger partial charge in [-0.3, -0.25) is 0 Å². The lowest BCUT2D eigenvalue weighted by Crippen LogP contribution is -2.01. The quantitative estimate of drug-likeness (QED) is 0.691. The van der Waals surface area contributed by atoms with E-state index in [0.717, 1.165) is 17.1 Å². The van der Waals surface area contributed by atoms with Gasteiger partial charge in [0, 0.05) is 7.11 Å². The summed E-state index contributed by atoms with van der Waals surface area (Å²) in [4.78, 5) is 0. The fraction of sp³-hybridized carbons (Fsp3) is 0.455. The third kappa shape index (κ3) is 2.61. The van der Waals surface area contributed by atoms with Crippen LogP contribution in [-0.4, -0.2) is 27.1 Å². The van der Waals surface area contributed by atoms with Crippen LogP contribution in [0.15, 0.2) is 18.2 Å². The molecule has 0 atom stereocenters. The molecule has 1 aliphatic heterocycles. The summed E-state index contributed by atoms with van der Waals surface area (Å²) in [5.74, 6) is 1.60. The molecule has 0 unspecified atom stereocenters. The Hall–Kier alpha value is -1.26. The molecule has 4 heteroatoms. The van der Waals surface area contributed by atoms with Crippen LogP contribution in [0.3, 0.4) is 0 Å². The summed E-state index contributed by atoms with van der Waals surface area (Å²) < 4.78 is 20.8. The molecule has 82 valence electrons. The number of rotatable bonds is 5. The zero-order valence-corrected chi connectivity index (χ0v) is 8.69. The fourth-order valence-electron chi connectivity index (χ4n) is 1.36. The van der Waals surface area contributed by atoms with Crippen LogP contribution >= 0.6 is 0 Å². The standard InChI is InChI=1S/C11H14O4/c1-12-4-5-13-7-9-2-3-10-11(6-9)15-8-14-10/h2-3,6H,4-5,7-8H2,1H3.